The Balaban J connectivity index is 2.73. The van der Waals surface area contributed by atoms with Crippen LogP contribution < -0.4 is 0 Å². The molecule has 1 rings (SSSR count). The zero-order valence-electron chi connectivity index (χ0n) is 10.8. The standard InChI is InChI=1S/C14H28/c1-6-9-13(4,8-3)12(7-2)14(5)10-11-14/h12H,6-11H2,1-5H3. The molecule has 2 atom stereocenters. The maximum atomic E-state index is 2.52. The maximum Gasteiger partial charge on any atom is -0.0292 e. The van der Waals surface area contributed by atoms with E-state index in [1.807, 2.05) is 0 Å². The van der Waals surface area contributed by atoms with E-state index >= 15 is 0 Å². The minimum Gasteiger partial charge on any atom is -0.0654 e. The van der Waals surface area contributed by atoms with Gasteiger partial charge < -0.3 is 0 Å². The molecule has 1 fully saturated rings. The molecule has 0 heterocycles. The molecule has 1 aliphatic carbocycles. The largest absolute Gasteiger partial charge is 0.0654 e. The SMILES string of the molecule is CCCC(C)(CC)C(CC)C1(C)CC1. The third-order valence-corrected chi connectivity index (χ3v) is 4.76. The van der Waals surface area contributed by atoms with E-state index in [-0.39, 0.29) is 0 Å². The Labute approximate surface area is 90.5 Å². The highest BCUT2D eigenvalue weighted by atomic mass is 14.5. The number of rotatable bonds is 6. The predicted molar refractivity (Wildman–Crippen MR) is 64.4 cm³/mol. The van der Waals surface area contributed by atoms with Crippen LogP contribution >= 0.6 is 0 Å². The smallest absolute Gasteiger partial charge is 0.0292 e. The Morgan fingerprint density at radius 3 is 2.07 bits per heavy atom. The summed E-state index contributed by atoms with van der Waals surface area (Å²) < 4.78 is 0. The van der Waals surface area contributed by atoms with Crippen LogP contribution in [0, 0.1) is 16.7 Å². The maximum absolute atomic E-state index is 2.52. The Bertz CT molecular complexity index is 178. The minimum atomic E-state index is 0.606. The van der Waals surface area contributed by atoms with Gasteiger partial charge in [-0.05, 0) is 36.0 Å². The molecule has 0 nitrogen and oxygen atoms in total. The van der Waals surface area contributed by atoms with Crippen molar-refractivity contribution in [3.63, 3.8) is 0 Å². The fraction of sp³-hybridized carbons (Fsp3) is 1.00. The monoisotopic (exact) mass is 196 g/mol. The van der Waals surface area contributed by atoms with E-state index < -0.39 is 0 Å². The van der Waals surface area contributed by atoms with Gasteiger partial charge >= 0.3 is 0 Å². The molecule has 0 aromatic heterocycles. The highest BCUT2D eigenvalue weighted by molar-refractivity contribution is 5.00. The molecule has 0 aromatic carbocycles. The van der Waals surface area contributed by atoms with Gasteiger partial charge in [0.25, 0.3) is 0 Å². The van der Waals surface area contributed by atoms with Gasteiger partial charge in [0.1, 0.15) is 0 Å². The summed E-state index contributed by atoms with van der Waals surface area (Å²) in [4.78, 5) is 0. The van der Waals surface area contributed by atoms with Crippen molar-refractivity contribution in [1.29, 1.82) is 0 Å². The normalized spacial score (nSPS) is 25.5. The summed E-state index contributed by atoms with van der Waals surface area (Å²) in [7, 11) is 0. The van der Waals surface area contributed by atoms with Crippen LogP contribution in [0.1, 0.15) is 73.1 Å². The van der Waals surface area contributed by atoms with Gasteiger partial charge in [0.15, 0.2) is 0 Å². The van der Waals surface area contributed by atoms with Crippen LogP contribution in [-0.4, -0.2) is 0 Å². The lowest BCUT2D eigenvalue weighted by atomic mass is 9.64. The quantitative estimate of drug-likeness (QED) is 0.559. The van der Waals surface area contributed by atoms with Crippen molar-refractivity contribution in [2.75, 3.05) is 0 Å². The van der Waals surface area contributed by atoms with Gasteiger partial charge in [-0.1, -0.05) is 53.9 Å². The molecule has 0 radical (unpaired) electrons. The van der Waals surface area contributed by atoms with Crippen LogP contribution in [0.4, 0.5) is 0 Å². The Hall–Kier alpha value is 0. The first-order valence-electron chi connectivity index (χ1n) is 6.52. The molecule has 0 aromatic rings. The van der Waals surface area contributed by atoms with E-state index in [1.54, 1.807) is 0 Å². The molecule has 14 heavy (non-hydrogen) atoms. The second-order valence-corrected chi connectivity index (χ2v) is 5.87. The van der Waals surface area contributed by atoms with Crippen LogP contribution in [0.25, 0.3) is 0 Å². The third kappa shape index (κ3) is 2.15. The van der Waals surface area contributed by atoms with Crippen molar-refractivity contribution in [1.82, 2.24) is 0 Å². The Morgan fingerprint density at radius 2 is 1.79 bits per heavy atom. The van der Waals surface area contributed by atoms with Gasteiger partial charge in [-0.25, -0.2) is 0 Å². The zero-order chi connectivity index (χ0) is 10.8. The lowest BCUT2D eigenvalue weighted by Gasteiger charge is -2.41. The molecule has 84 valence electrons. The van der Waals surface area contributed by atoms with Crippen molar-refractivity contribution in [3.8, 4) is 0 Å². The van der Waals surface area contributed by atoms with E-state index in [1.165, 1.54) is 38.5 Å². The third-order valence-electron chi connectivity index (χ3n) is 4.76. The molecule has 0 bridgehead atoms. The van der Waals surface area contributed by atoms with Gasteiger partial charge in [0, 0.05) is 0 Å². The van der Waals surface area contributed by atoms with E-state index in [2.05, 4.69) is 34.6 Å². The highest BCUT2D eigenvalue weighted by Crippen LogP contribution is 2.60. The summed E-state index contributed by atoms with van der Waals surface area (Å²) in [6.45, 7) is 12.1. The molecule has 1 aliphatic rings. The molecule has 0 saturated heterocycles. The van der Waals surface area contributed by atoms with Crippen molar-refractivity contribution in [2.45, 2.75) is 73.1 Å². The van der Waals surface area contributed by atoms with Crippen molar-refractivity contribution >= 4 is 0 Å². The molecule has 0 heteroatoms. The molecular weight excluding hydrogens is 168 g/mol. The average molecular weight is 196 g/mol. The van der Waals surface area contributed by atoms with Gasteiger partial charge in [0.2, 0.25) is 0 Å². The van der Waals surface area contributed by atoms with Crippen LogP contribution in [0.15, 0.2) is 0 Å². The molecule has 0 spiro atoms. The number of hydrogen-bond donors (Lipinski definition) is 0. The average Bonchev–Trinajstić information content (AvgIpc) is 2.86. The fourth-order valence-electron chi connectivity index (χ4n) is 3.54. The second-order valence-electron chi connectivity index (χ2n) is 5.87. The molecule has 2 unspecified atom stereocenters. The first kappa shape index (κ1) is 12.1. The van der Waals surface area contributed by atoms with Crippen molar-refractivity contribution in [2.24, 2.45) is 16.7 Å². The van der Waals surface area contributed by atoms with Crippen molar-refractivity contribution in [3.05, 3.63) is 0 Å². The van der Waals surface area contributed by atoms with E-state index in [0.717, 1.165) is 5.92 Å². The van der Waals surface area contributed by atoms with E-state index in [9.17, 15) is 0 Å². The summed E-state index contributed by atoms with van der Waals surface area (Å²) in [6, 6.07) is 0. The van der Waals surface area contributed by atoms with Crippen LogP contribution in [-0.2, 0) is 0 Å². The summed E-state index contributed by atoms with van der Waals surface area (Å²) >= 11 is 0. The summed E-state index contributed by atoms with van der Waals surface area (Å²) in [5.41, 5.74) is 1.31. The highest BCUT2D eigenvalue weighted by Gasteiger charge is 2.50. The summed E-state index contributed by atoms with van der Waals surface area (Å²) in [6.07, 6.45) is 8.44. The topological polar surface area (TPSA) is 0 Å². The first-order chi connectivity index (χ1) is 6.52. The molecule has 1 saturated carbocycles. The van der Waals surface area contributed by atoms with E-state index in [4.69, 9.17) is 0 Å². The fourth-order valence-corrected chi connectivity index (χ4v) is 3.54. The van der Waals surface area contributed by atoms with Crippen molar-refractivity contribution < 1.29 is 0 Å². The molecule has 0 N–H and O–H groups in total. The predicted octanol–water partition coefficient (Wildman–Crippen LogP) is 5.03. The lowest BCUT2D eigenvalue weighted by Crippen LogP contribution is -2.32. The molecule has 0 amide bonds. The zero-order valence-corrected chi connectivity index (χ0v) is 10.8. The Kier molecular flexibility index (Phi) is 3.66. The minimum absolute atomic E-state index is 0.606. The lowest BCUT2D eigenvalue weighted by molar-refractivity contribution is 0.0899. The van der Waals surface area contributed by atoms with Crippen LogP contribution in [0.3, 0.4) is 0 Å². The number of hydrogen-bond acceptors (Lipinski definition) is 0. The van der Waals surface area contributed by atoms with Crippen LogP contribution in [0.5, 0.6) is 0 Å². The summed E-state index contributed by atoms with van der Waals surface area (Å²) in [5, 5.41) is 0. The van der Waals surface area contributed by atoms with Crippen LogP contribution in [0.2, 0.25) is 0 Å². The molecule has 0 aliphatic heterocycles. The van der Waals surface area contributed by atoms with Gasteiger partial charge in [-0.15, -0.1) is 0 Å². The van der Waals surface area contributed by atoms with Gasteiger partial charge in [-0.3, -0.25) is 0 Å². The second kappa shape index (κ2) is 4.24. The van der Waals surface area contributed by atoms with E-state index in [0.29, 0.717) is 10.8 Å². The first-order valence-corrected chi connectivity index (χ1v) is 6.52. The van der Waals surface area contributed by atoms with Gasteiger partial charge in [-0.2, -0.15) is 0 Å². The molecular formula is C14H28. The summed E-state index contributed by atoms with van der Waals surface area (Å²) in [5.74, 6) is 0.958. The Morgan fingerprint density at radius 1 is 1.21 bits per heavy atom. The van der Waals surface area contributed by atoms with Gasteiger partial charge in [0.05, 0.1) is 0 Å².